The maximum Gasteiger partial charge on any atom is 0.391 e. The molecule has 11 heteroatoms. The van der Waals surface area contributed by atoms with Gasteiger partial charge in [0.05, 0.1) is 12.3 Å². The van der Waals surface area contributed by atoms with Crippen molar-refractivity contribution in [2.75, 3.05) is 13.1 Å². The lowest BCUT2D eigenvalue weighted by molar-refractivity contribution is -0.182. The minimum absolute atomic E-state index is 0.0279. The molecule has 2 aliphatic rings. The first-order valence-electron chi connectivity index (χ1n) is 10.3. The molecule has 1 aliphatic heterocycles. The summed E-state index contributed by atoms with van der Waals surface area (Å²) in [5.74, 6) is -0.247. The Bertz CT molecular complexity index is 865. The number of halogens is 3. The normalized spacial score (nSPS) is 23.7. The van der Waals surface area contributed by atoms with Gasteiger partial charge in [0.25, 0.3) is 0 Å². The van der Waals surface area contributed by atoms with Crippen LogP contribution >= 0.6 is 0 Å². The van der Waals surface area contributed by atoms with Crippen LogP contribution in [0.1, 0.15) is 73.5 Å². The maximum atomic E-state index is 12.8. The molecule has 0 atom stereocenters. The number of carbonyl (C=O) groups is 1. The number of piperidine rings is 1. The van der Waals surface area contributed by atoms with Crippen LogP contribution in [0.4, 0.5) is 13.2 Å². The van der Waals surface area contributed by atoms with Gasteiger partial charge in [-0.3, -0.25) is 4.79 Å². The number of aryl methyl sites for hydroxylation is 1. The first kappa shape index (κ1) is 20.8. The van der Waals surface area contributed by atoms with Gasteiger partial charge in [0.1, 0.15) is 11.4 Å². The van der Waals surface area contributed by atoms with E-state index >= 15 is 0 Å². The van der Waals surface area contributed by atoms with Crippen molar-refractivity contribution in [2.45, 2.75) is 69.9 Å². The third-order valence-corrected chi connectivity index (χ3v) is 6.27. The van der Waals surface area contributed by atoms with E-state index in [1.807, 2.05) is 0 Å². The van der Waals surface area contributed by atoms with Crippen LogP contribution in [0.3, 0.4) is 0 Å². The largest absolute Gasteiger partial charge is 0.391 e. The molecular weight excluding hydrogens is 403 g/mol. The number of amides is 1. The van der Waals surface area contributed by atoms with Crippen molar-refractivity contribution >= 4 is 5.91 Å². The van der Waals surface area contributed by atoms with E-state index in [1.165, 1.54) is 0 Å². The molecule has 2 fully saturated rings. The van der Waals surface area contributed by atoms with Crippen LogP contribution in [0.5, 0.6) is 0 Å². The summed E-state index contributed by atoms with van der Waals surface area (Å²) in [6.07, 6.45) is -1.50. The van der Waals surface area contributed by atoms with Gasteiger partial charge < -0.3 is 9.42 Å². The highest BCUT2D eigenvalue weighted by molar-refractivity contribution is 5.78. The van der Waals surface area contributed by atoms with E-state index < -0.39 is 12.1 Å². The highest BCUT2D eigenvalue weighted by Crippen LogP contribution is 2.42. The van der Waals surface area contributed by atoms with Crippen molar-refractivity contribution in [3.05, 3.63) is 23.1 Å². The van der Waals surface area contributed by atoms with Crippen molar-refractivity contribution in [3.63, 3.8) is 0 Å². The molecule has 30 heavy (non-hydrogen) atoms. The number of hydrogen-bond acceptors (Lipinski definition) is 7. The SMILES string of the molecule is Cc1nonc1CC(=O)N1CCC(c2nc(C3CCC(C(F)(F)F)CC3)no2)CC1. The average molecular weight is 427 g/mol. The molecule has 2 aromatic rings. The van der Waals surface area contributed by atoms with Crippen LogP contribution in [0.15, 0.2) is 9.15 Å². The molecular formula is C19H24F3N5O3. The zero-order chi connectivity index (χ0) is 21.3. The smallest absolute Gasteiger partial charge is 0.342 e. The van der Waals surface area contributed by atoms with E-state index in [4.69, 9.17) is 4.52 Å². The minimum atomic E-state index is -4.12. The van der Waals surface area contributed by atoms with E-state index in [1.54, 1.807) is 11.8 Å². The summed E-state index contributed by atoms with van der Waals surface area (Å²) in [4.78, 5) is 18.7. The van der Waals surface area contributed by atoms with Crippen LogP contribution in [-0.2, 0) is 11.2 Å². The number of hydrogen-bond donors (Lipinski definition) is 0. The summed E-state index contributed by atoms with van der Waals surface area (Å²) in [7, 11) is 0. The van der Waals surface area contributed by atoms with E-state index in [9.17, 15) is 18.0 Å². The standard InChI is InChI=1S/C19H24F3N5O3/c1-11-15(25-30-24-11)10-16(28)27-8-6-13(7-9-27)18-23-17(26-29-18)12-2-4-14(5-3-12)19(20,21)22/h12-14H,2-10H2,1H3. The summed E-state index contributed by atoms with van der Waals surface area (Å²) in [6.45, 7) is 2.89. The maximum absolute atomic E-state index is 12.8. The van der Waals surface area contributed by atoms with Gasteiger partial charge in [-0.1, -0.05) is 15.5 Å². The molecule has 1 saturated heterocycles. The monoisotopic (exact) mass is 427 g/mol. The molecule has 0 N–H and O–H groups in total. The fourth-order valence-electron chi connectivity index (χ4n) is 4.30. The summed E-state index contributed by atoms with van der Waals surface area (Å²) < 4.78 is 48.6. The molecule has 0 unspecified atom stereocenters. The average Bonchev–Trinajstić information content (AvgIpc) is 3.37. The molecule has 4 rings (SSSR count). The number of likely N-dealkylation sites (tertiary alicyclic amines) is 1. The van der Waals surface area contributed by atoms with Gasteiger partial charge in [0, 0.05) is 24.9 Å². The number of rotatable bonds is 4. The molecule has 1 aliphatic carbocycles. The Labute approximate surface area is 171 Å². The zero-order valence-corrected chi connectivity index (χ0v) is 16.7. The van der Waals surface area contributed by atoms with Crippen LogP contribution in [0.2, 0.25) is 0 Å². The quantitative estimate of drug-likeness (QED) is 0.736. The van der Waals surface area contributed by atoms with Crippen molar-refractivity contribution < 1.29 is 27.1 Å². The first-order chi connectivity index (χ1) is 14.3. The van der Waals surface area contributed by atoms with Crippen molar-refractivity contribution in [3.8, 4) is 0 Å². The van der Waals surface area contributed by atoms with Crippen molar-refractivity contribution in [1.29, 1.82) is 0 Å². The van der Waals surface area contributed by atoms with E-state index in [2.05, 4.69) is 25.1 Å². The van der Waals surface area contributed by atoms with E-state index in [0.29, 0.717) is 61.9 Å². The predicted molar refractivity (Wildman–Crippen MR) is 96.3 cm³/mol. The van der Waals surface area contributed by atoms with Gasteiger partial charge in [0.2, 0.25) is 11.8 Å². The van der Waals surface area contributed by atoms with Crippen LogP contribution < -0.4 is 0 Å². The lowest BCUT2D eigenvalue weighted by Crippen LogP contribution is -2.39. The second-order valence-electron chi connectivity index (χ2n) is 8.21. The number of aromatic nitrogens is 4. The Hall–Kier alpha value is -2.46. The fraction of sp³-hybridized carbons (Fsp3) is 0.737. The lowest BCUT2D eigenvalue weighted by Gasteiger charge is -2.30. The molecule has 8 nitrogen and oxygen atoms in total. The Morgan fingerprint density at radius 2 is 1.73 bits per heavy atom. The summed E-state index contributed by atoms with van der Waals surface area (Å²) >= 11 is 0. The molecule has 0 radical (unpaired) electrons. The van der Waals surface area contributed by atoms with Gasteiger partial charge in [0.15, 0.2) is 5.82 Å². The Morgan fingerprint density at radius 1 is 1.03 bits per heavy atom. The lowest BCUT2D eigenvalue weighted by atomic mass is 9.81. The topological polar surface area (TPSA) is 98.2 Å². The van der Waals surface area contributed by atoms with E-state index in [-0.39, 0.29) is 37.0 Å². The fourth-order valence-corrected chi connectivity index (χ4v) is 4.30. The molecule has 1 amide bonds. The van der Waals surface area contributed by atoms with Gasteiger partial charge in [-0.05, 0) is 45.4 Å². The van der Waals surface area contributed by atoms with Crippen molar-refractivity contribution in [1.82, 2.24) is 25.4 Å². The van der Waals surface area contributed by atoms with Gasteiger partial charge in [-0.2, -0.15) is 18.2 Å². The second kappa shape index (κ2) is 8.35. The van der Waals surface area contributed by atoms with Crippen LogP contribution in [0.25, 0.3) is 0 Å². The zero-order valence-electron chi connectivity index (χ0n) is 16.7. The highest BCUT2D eigenvalue weighted by Gasteiger charge is 2.42. The van der Waals surface area contributed by atoms with Gasteiger partial charge >= 0.3 is 6.18 Å². The molecule has 164 valence electrons. The van der Waals surface area contributed by atoms with Crippen LogP contribution in [0, 0.1) is 12.8 Å². The third kappa shape index (κ3) is 4.49. The molecule has 1 saturated carbocycles. The highest BCUT2D eigenvalue weighted by atomic mass is 19.4. The first-order valence-corrected chi connectivity index (χ1v) is 10.3. The minimum Gasteiger partial charge on any atom is -0.342 e. The summed E-state index contributed by atoms with van der Waals surface area (Å²) in [6, 6.07) is 0. The molecule has 0 bridgehead atoms. The predicted octanol–water partition coefficient (Wildman–Crippen LogP) is 3.55. The number of alkyl halides is 3. The number of carbonyl (C=O) groups excluding carboxylic acids is 1. The van der Waals surface area contributed by atoms with E-state index in [0.717, 1.165) is 0 Å². The summed E-state index contributed by atoms with van der Waals surface area (Å²) in [5, 5.41) is 11.5. The van der Waals surface area contributed by atoms with Crippen LogP contribution in [-0.4, -0.2) is 50.5 Å². The van der Waals surface area contributed by atoms with Gasteiger partial charge in [-0.15, -0.1) is 0 Å². The molecule has 2 aromatic heterocycles. The second-order valence-corrected chi connectivity index (χ2v) is 8.21. The molecule has 3 heterocycles. The Morgan fingerprint density at radius 3 is 2.33 bits per heavy atom. The Balaban J connectivity index is 1.28. The molecule has 0 spiro atoms. The van der Waals surface area contributed by atoms with Gasteiger partial charge in [-0.25, -0.2) is 4.63 Å². The molecule has 0 aromatic carbocycles. The van der Waals surface area contributed by atoms with Crippen molar-refractivity contribution in [2.24, 2.45) is 5.92 Å². The third-order valence-electron chi connectivity index (χ3n) is 6.27. The summed E-state index contributed by atoms with van der Waals surface area (Å²) in [5.41, 5.74) is 1.16. The Kier molecular flexibility index (Phi) is 5.79. The number of nitrogens with zero attached hydrogens (tertiary/aromatic N) is 5.